The zero-order valence-electron chi connectivity index (χ0n) is 10.8. The minimum absolute atomic E-state index is 0.684. The number of aryl methyl sites for hydroxylation is 2. The maximum atomic E-state index is 9.16. The minimum Gasteiger partial charge on any atom is -0.240 e. The molecule has 0 aliphatic rings. The summed E-state index contributed by atoms with van der Waals surface area (Å²) in [5, 5.41) is 12.5. The Kier molecular flexibility index (Phi) is 2.81. The monoisotopic (exact) mass is 264 g/mol. The number of rotatable bonds is 1. The second-order valence-corrected chi connectivity index (χ2v) is 5.79. The molecule has 0 N–H and O–H groups in total. The van der Waals surface area contributed by atoms with Crippen molar-refractivity contribution in [3.05, 3.63) is 51.8 Å². The van der Waals surface area contributed by atoms with Crippen LogP contribution in [0.2, 0.25) is 0 Å². The van der Waals surface area contributed by atoms with Crippen LogP contribution in [0.25, 0.3) is 22.0 Å². The van der Waals surface area contributed by atoms with Crippen molar-refractivity contribution in [3.63, 3.8) is 0 Å². The van der Waals surface area contributed by atoms with Crippen LogP contribution in [0.1, 0.15) is 15.4 Å². The van der Waals surface area contributed by atoms with E-state index in [0.717, 1.165) is 16.3 Å². The van der Waals surface area contributed by atoms with Crippen LogP contribution in [-0.2, 0) is 0 Å². The van der Waals surface area contributed by atoms with Gasteiger partial charge in [0.15, 0.2) is 0 Å². The summed E-state index contributed by atoms with van der Waals surface area (Å²) >= 11 is 1.44. The van der Waals surface area contributed by atoms with Crippen LogP contribution in [0.5, 0.6) is 0 Å². The molecule has 0 saturated carbocycles. The lowest BCUT2D eigenvalue weighted by molar-refractivity contribution is 1.29. The number of benzene rings is 2. The second-order valence-electron chi connectivity index (χ2n) is 4.59. The first kappa shape index (κ1) is 11.9. The van der Waals surface area contributed by atoms with Crippen molar-refractivity contribution in [1.29, 1.82) is 5.26 Å². The lowest BCUT2D eigenvalue weighted by Gasteiger charge is -2.03. The third-order valence-corrected chi connectivity index (χ3v) is 3.98. The topological polar surface area (TPSA) is 36.7 Å². The maximum Gasteiger partial charge on any atom is 0.132 e. The molecule has 0 aliphatic carbocycles. The van der Waals surface area contributed by atoms with Gasteiger partial charge in [-0.1, -0.05) is 35.9 Å². The summed E-state index contributed by atoms with van der Waals surface area (Å²) in [7, 11) is 0. The SMILES string of the molecule is Cc1ccc2cc(-c3nc(C)sc3C#N)ccc2c1. The van der Waals surface area contributed by atoms with Gasteiger partial charge in [0.25, 0.3) is 0 Å². The summed E-state index contributed by atoms with van der Waals surface area (Å²) in [6.07, 6.45) is 0. The standard InChI is InChI=1S/C16H12N2S/c1-10-3-4-13-8-14(6-5-12(13)7-10)16-15(9-17)19-11(2)18-16/h3-8H,1-2H3. The summed E-state index contributed by atoms with van der Waals surface area (Å²) in [5.74, 6) is 0. The van der Waals surface area contributed by atoms with Gasteiger partial charge in [0.2, 0.25) is 0 Å². The Morgan fingerprint density at radius 2 is 1.79 bits per heavy atom. The van der Waals surface area contributed by atoms with Gasteiger partial charge >= 0.3 is 0 Å². The molecular formula is C16H12N2S. The molecular weight excluding hydrogens is 252 g/mol. The van der Waals surface area contributed by atoms with E-state index in [9.17, 15) is 0 Å². The third-order valence-electron chi connectivity index (χ3n) is 3.10. The van der Waals surface area contributed by atoms with Gasteiger partial charge in [0.05, 0.1) is 10.7 Å². The highest BCUT2D eigenvalue weighted by Gasteiger charge is 2.11. The zero-order valence-corrected chi connectivity index (χ0v) is 11.6. The molecule has 0 aliphatic heterocycles. The van der Waals surface area contributed by atoms with Gasteiger partial charge in [0, 0.05) is 5.56 Å². The van der Waals surface area contributed by atoms with E-state index < -0.39 is 0 Å². The van der Waals surface area contributed by atoms with E-state index in [-0.39, 0.29) is 0 Å². The Balaban J connectivity index is 2.21. The van der Waals surface area contributed by atoms with Crippen molar-refractivity contribution in [2.24, 2.45) is 0 Å². The first-order valence-corrected chi connectivity index (χ1v) is 6.87. The summed E-state index contributed by atoms with van der Waals surface area (Å²) < 4.78 is 0. The van der Waals surface area contributed by atoms with Crippen molar-refractivity contribution in [1.82, 2.24) is 4.98 Å². The van der Waals surface area contributed by atoms with E-state index in [4.69, 9.17) is 5.26 Å². The molecule has 3 rings (SSSR count). The second kappa shape index (κ2) is 4.49. The molecule has 0 amide bonds. The van der Waals surface area contributed by atoms with Gasteiger partial charge in [-0.25, -0.2) is 4.98 Å². The summed E-state index contributed by atoms with van der Waals surface area (Å²) in [5.41, 5.74) is 3.06. The highest BCUT2D eigenvalue weighted by molar-refractivity contribution is 7.12. The lowest BCUT2D eigenvalue weighted by atomic mass is 10.0. The van der Waals surface area contributed by atoms with Crippen molar-refractivity contribution < 1.29 is 0 Å². The Morgan fingerprint density at radius 3 is 2.58 bits per heavy atom. The van der Waals surface area contributed by atoms with Crippen LogP contribution in [0, 0.1) is 25.2 Å². The molecule has 0 bridgehead atoms. The Labute approximate surface area is 116 Å². The van der Waals surface area contributed by atoms with Gasteiger partial charge in [-0.05, 0) is 30.7 Å². The van der Waals surface area contributed by atoms with Crippen LogP contribution in [0.4, 0.5) is 0 Å². The first-order valence-electron chi connectivity index (χ1n) is 6.06. The summed E-state index contributed by atoms with van der Waals surface area (Å²) in [6, 6.07) is 14.8. The van der Waals surface area contributed by atoms with Crippen LogP contribution < -0.4 is 0 Å². The third kappa shape index (κ3) is 2.11. The molecule has 2 nitrogen and oxygen atoms in total. The number of fused-ring (bicyclic) bond motifs is 1. The van der Waals surface area contributed by atoms with Crippen molar-refractivity contribution in [2.75, 3.05) is 0 Å². The predicted octanol–water partition coefficient (Wildman–Crippen LogP) is 4.45. The van der Waals surface area contributed by atoms with Crippen LogP contribution in [-0.4, -0.2) is 4.98 Å². The van der Waals surface area contributed by atoms with Crippen molar-refractivity contribution in [2.45, 2.75) is 13.8 Å². The zero-order chi connectivity index (χ0) is 13.4. The molecule has 2 aromatic carbocycles. The van der Waals surface area contributed by atoms with Gasteiger partial charge in [-0.3, -0.25) is 0 Å². The van der Waals surface area contributed by atoms with Gasteiger partial charge in [-0.2, -0.15) is 5.26 Å². The average Bonchev–Trinajstić information content (AvgIpc) is 2.79. The van der Waals surface area contributed by atoms with Crippen LogP contribution in [0.3, 0.4) is 0 Å². The van der Waals surface area contributed by atoms with Crippen LogP contribution >= 0.6 is 11.3 Å². The van der Waals surface area contributed by atoms with E-state index >= 15 is 0 Å². The highest BCUT2D eigenvalue weighted by atomic mass is 32.1. The molecule has 0 radical (unpaired) electrons. The number of hydrogen-bond donors (Lipinski definition) is 0. The summed E-state index contributed by atoms with van der Waals surface area (Å²) in [4.78, 5) is 5.16. The van der Waals surface area contributed by atoms with Gasteiger partial charge < -0.3 is 0 Å². The normalized spacial score (nSPS) is 10.6. The quantitative estimate of drug-likeness (QED) is 0.651. The maximum absolute atomic E-state index is 9.16. The van der Waals surface area contributed by atoms with E-state index in [1.54, 1.807) is 0 Å². The largest absolute Gasteiger partial charge is 0.240 e. The molecule has 0 atom stereocenters. The number of nitriles is 1. The molecule has 1 heterocycles. The van der Waals surface area contributed by atoms with E-state index in [1.807, 2.05) is 13.0 Å². The molecule has 3 heteroatoms. The molecule has 0 unspecified atom stereocenters. The van der Waals surface area contributed by atoms with Crippen LogP contribution in [0.15, 0.2) is 36.4 Å². The predicted molar refractivity (Wildman–Crippen MR) is 79.2 cm³/mol. The van der Waals surface area contributed by atoms with Crippen molar-refractivity contribution in [3.8, 4) is 17.3 Å². The lowest BCUT2D eigenvalue weighted by Crippen LogP contribution is -1.83. The number of aromatic nitrogens is 1. The minimum atomic E-state index is 0.684. The van der Waals surface area contributed by atoms with Gasteiger partial charge in [-0.15, -0.1) is 11.3 Å². The molecule has 1 aromatic heterocycles. The number of nitrogens with zero attached hydrogens (tertiary/aromatic N) is 2. The van der Waals surface area contributed by atoms with E-state index in [1.165, 1.54) is 27.7 Å². The van der Waals surface area contributed by atoms with E-state index in [2.05, 4.69) is 48.3 Å². The number of thiazole rings is 1. The van der Waals surface area contributed by atoms with E-state index in [0.29, 0.717) is 4.88 Å². The molecule has 0 spiro atoms. The molecule has 0 fully saturated rings. The first-order chi connectivity index (χ1) is 9.17. The average molecular weight is 264 g/mol. The molecule has 0 saturated heterocycles. The Bertz CT molecular complexity index is 809. The van der Waals surface area contributed by atoms with Gasteiger partial charge in [0.1, 0.15) is 10.9 Å². The molecule has 92 valence electrons. The summed E-state index contributed by atoms with van der Waals surface area (Å²) in [6.45, 7) is 4.02. The Morgan fingerprint density at radius 1 is 1.05 bits per heavy atom. The van der Waals surface area contributed by atoms with Crippen molar-refractivity contribution >= 4 is 22.1 Å². The Hall–Kier alpha value is -2.18. The molecule has 3 aromatic rings. The highest BCUT2D eigenvalue weighted by Crippen LogP contribution is 2.29. The number of hydrogen-bond acceptors (Lipinski definition) is 3. The molecule has 19 heavy (non-hydrogen) atoms. The smallest absolute Gasteiger partial charge is 0.132 e. The fraction of sp³-hybridized carbons (Fsp3) is 0.125. The fourth-order valence-electron chi connectivity index (χ4n) is 2.21. The fourth-order valence-corrected chi connectivity index (χ4v) is 2.95.